The van der Waals surface area contributed by atoms with E-state index in [1.807, 2.05) is 19.1 Å². The third-order valence-electron chi connectivity index (χ3n) is 6.49. The Kier molecular flexibility index (Phi) is 6.32. The van der Waals surface area contributed by atoms with Crippen LogP contribution in [0.15, 0.2) is 48.7 Å². The number of alkyl halides is 3. The number of fused-ring (bicyclic) bond motifs is 1. The van der Waals surface area contributed by atoms with Gasteiger partial charge in [0.1, 0.15) is 11.4 Å². The molecular formula is C26H23F3N4O4. The minimum Gasteiger partial charge on any atom is -0.484 e. The van der Waals surface area contributed by atoms with E-state index in [0.717, 1.165) is 16.7 Å². The number of aromatic nitrogens is 2. The van der Waals surface area contributed by atoms with Crippen molar-refractivity contribution >= 4 is 23.2 Å². The van der Waals surface area contributed by atoms with Gasteiger partial charge < -0.3 is 20.1 Å². The highest BCUT2D eigenvalue weighted by atomic mass is 19.4. The van der Waals surface area contributed by atoms with Gasteiger partial charge >= 0.3 is 6.18 Å². The number of halogens is 3. The highest BCUT2D eigenvalue weighted by Crippen LogP contribution is 2.41. The van der Waals surface area contributed by atoms with E-state index in [1.54, 1.807) is 24.3 Å². The number of hydrogen-bond acceptors (Lipinski definition) is 6. The van der Waals surface area contributed by atoms with Gasteiger partial charge in [0.25, 0.3) is 5.91 Å². The molecule has 8 nitrogen and oxygen atoms in total. The maximum Gasteiger partial charge on any atom is 0.418 e. The van der Waals surface area contributed by atoms with Crippen LogP contribution in [0.25, 0.3) is 11.1 Å². The zero-order valence-electron chi connectivity index (χ0n) is 19.8. The largest absolute Gasteiger partial charge is 0.484 e. The first kappa shape index (κ1) is 24.7. The van der Waals surface area contributed by atoms with Crippen molar-refractivity contribution in [3.8, 4) is 16.9 Å². The lowest BCUT2D eigenvalue weighted by Crippen LogP contribution is -2.43. The lowest BCUT2D eigenvalue weighted by Gasteiger charge is -2.35. The van der Waals surface area contributed by atoms with Gasteiger partial charge in [0.2, 0.25) is 5.91 Å². The topological polar surface area (TPSA) is 102 Å². The summed E-state index contributed by atoms with van der Waals surface area (Å²) in [5.74, 6) is -0.395. The van der Waals surface area contributed by atoms with E-state index in [9.17, 15) is 22.8 Å². The Bertz CT molecular complexity index is 1370. The molecule has 192 valence electrons. The van der Waals surface area contributed by atoms with Crippen LogP contribution >= 0.6 is 0 Å². The lowest BCUT2D eigenvalue weighted by atomic mass is 9.90. The number of hydrogen-bond donors (Lipinski definition) is 2. The van der Waals surface area contributed by atoms with Crippen LogP contribution in [-0.2, 0) is 15.7 Å². The minimum absolute atomic E-state index is 0.119. The van der Waals surface area contributed by atoms with E-state index in [0.29, 0.717) is 55.4 Å². The van der Waals surface area contributed by atoms with Crippen molar-refractivity contribution in [2.45, 2.75) is 38.0 Å². The van der Waals surface area contributed by atoms with E-state index >= 15 is 0 Å². The van der Waals surface area contributed by atoms with E-state index in [1.165, 1.54) is 0 Å². The van der Waals surface area contributed by atoms with Crippen LogP contribution in [0.1, 0.15) is 40.9 Å². The molecule has 2 aliphatic rings. The molecule has 2 aromatic carbocycles. The molecule has 11 heteroatoms. The average molecular weight is 512 g/mol. The minimum atomic E-state index is -4.64. The van der Waals surface area contributed by atoms with E-state index < -0.39 is 28.9 Å². The monoisotopic (exact) mass is 512 g/mol. The fourth-order valence-electron chi connectivity index (χ4n) is 4.49. The Labute approximate surface area is 210 Å². The van der Waals surface area contributed by atoms with Gasteiger partial charge in [-0.1, -0.05) is 12.1 Å². The van der Waals surface area contributed by atoms with Crippen LogP contribution in [0, 0.1) is 6.92 Å². The first-order valence-electron chi connectivity index (χ1n) is 11.6. The van der Waals surface area contributed by atoms with Crippen LogP contribution in [-0.4, -0.2) is 40.8 Å². The number of ether oxygens (including phenoxy) is 2. The van der Waals surface area contributed by atoms with Crippen LogP contribution in [0.4, 0.5) is 24.5 Å². The number of rotatable bonds is 3. The first-order valence-corrected chi connectivity index (χ1v) is 11.6. The maximum absolute atomic E-state index is 13.0. The first-order chi connectivity index (χ1) is 17.6. The molecule has 5 rings (SSSR count). The lowest BCUT2D eigenvalue weighted by molar-refractivity contribution is -0.138. The smallest absolute Gasteiger partial charge is 0.418 e. The molecule has 0 atom stereocenters. The van der Waals surface area contributed by atoms with Crippen LogP contribution in [0.5, 0.6) is 5.75 Å². The number of anilines is 2. The molecule has 2 N–H and O–H groups in total. The Morgan fingerprint density at radius 3 is 2.65 bits per heavy atom. The second-order valence-corrected chi connectivity index (χ2v) is 9.14. The Hall–Kier alpha value is -3.99. The second kappa shape index (κ2) is 9.47. The van der Waals surface area contributed by atoms with Crippen molar-refractivity contribution in [3.05, 3.63) is 65.5 Å². The second-order valence-electron chi connectivity index (χ2n) is 9.14. The highest BCUT2D eigenvalue weighted by Gasteiger charge is 2.40. The molecule has 1 saturated heterocycles. The molecule has 2 amide bonds. The van der Waals surface area contributed by atoms with Gasteiger partial charge in [-0.25, -0.2) is 0 Å². The van der Waals surface area contributed by atoms with Gasteiger partial charge in [0.15, 0.2) is 5.69 Å². The third-order valence-corrected chi connectivity index (χ3v) is 6.49. The maximum atomic E-state index is 13.0. The number of carbonyl (C=O) groups is 2. The number of amides is 2. The molecule has 2 aliphatic heterocycles. The summed E-state index contributed by atoms with van der Waals surface area (Å²) < 4.78 is 50.8. The highest BCUT2D eigenvalue weighted by molar-refractivity contribution is 6.03. The van der Waals surface area contributed by atoms with E-state index in [-0.39, 0.29) is 12.3 Å². The fraction of sp³-hybridized carbons (Fsp3) is 0.308. The summed E-state index contributed by atoms with van der Waals surface area (Å²) in [4.78, 5) is 25.1. The molecule has 0 radical (unpaired) electrons. The zero-order chi connectivity index (χ0) is 26.2. The third kappa shape index (κ3) is 5.26. The van der Waals surface area contributed by atoms with Crippen LogP contribution in [0.3, 0.4) is 0 Å². The molecule has 1 fully saturated rings. The molecule has 3 aromatic rings. The zero-order valence-corrected chi connectivity index (χ0v) is 19.8. The van der Waals surface area contributed by atoms with Gasteiger partial charge in [0, 0.05) is 18.5 Å². The average Bonchev–Trinajstić information content (AvgIpc) is 2.99. The van der Waals surface area contributed by atoms with Crippen molar-refractivity contribution in [2.24, 2.45) is 0 Å². The van der Waals surface area contributed by atoms with Crippen LogP contribution in [0.2, 0.25) is 0 Å². The van der Waals surface area contributed by atoms with Crippen molar-refractivity contribution in [2.75, 3.05) is 23.8 Å². The summed E-state index contributed by atoms with van der Waals surface area (Å²) >= 11 is 0. The predicted octanol–water partition coefficient (Wildman–Crippen LogP) is 4.99. The number of nitrogens with zero attached hydrogens (tertiary/aromatic N) is 2. The predicted molar refractivity (Wildman–Crippen MR) is 128 cm³/mol. The standard InChI is InChI=1S/C26H23F3N4O4/c1-15-2-4-18(31-24(35)21-11-17(14-30-33-21)26(27,28)29)12-19(15)16-3-5-20-22(10-16)37-25(13-23(34)32-20)6-8-36-9-7-25/h2-5,10-12,14H,6-9,13H2,1H3,(H,31,35)(H,32,34). The molecule has 0 unspecified atom stereocenters. The normalized spacial score (nSPS) is 16.8. The summed E-state index contributed by atoms with van der Waals surface area (Å²) in [6, 6.07) is 11.2. The van der Waals surface area contributed by atoms with Crippen LogP contribution < -0.4 is 15.4 Å². The summed E-state index contributed by atoms with van der Waals surface area (Å²) in [6.45, 7) is 2.92. The SMILES string of the molecule is Cc1ccc(NC(=O)c2cc(C(F)(F)F)cnn2)cc1-c1ccc2c(c1)OC1(CCOCC1)CC(=O)N2. The van der Waals surface area contributed by atoms with E-state index in [2.05, 4.69) is 20.8 Å². The summed E-state index contributed by atoms with van der Waals surface area (Å²) in [5, 5.41) is 12.3. The van der Waals surface area contributed by atoms with Crippen molar-refractivity contribution in [1.29, 1.82) is 0 Å². The molecule has 0 bridgehead atoms. The van der Waals surface area contributed by atoms with Crippen molar-refractivity contribution in [1.82, 2.24) is 10.2 Å². The Balaban J connectivity index is 1.43. The van der Waals surface area contributed by atoms with Gasteiger partial charge in [-0.2, -0.15) is 18.3 Å². The molecule has 1 spiro atoms. The molecule has 37 heavy (non-hydrogen) atoms. The Morgan fingerprint density at radius 1 is 1.11 bits per heavy atom. The molecule has 0 aliphatic carbocycles. The summed E-state index contributed by atoms with van der Waals surface area (Å²) in [6.07, 6.45) is -2.64. The van der Waals surface area contributed by atoms with Gasteiger partial charge in [0.05, 0.1) is 37.1 Å². The molecular weight excluding hydrogens is 489 g/mol. The number of aryl methyl sites for hydroxylation is 1. The number of nitrogens with one attached hydrogen (secondary N) is 2. The Morgan fingerprint density at radius 2 is 1.89 bits per heavy atom. The molecule has 3 heterocycles. The van der Waals surface area contributed by atoms with Gasteiger partial charge in [-0.3, -0.25) is 9.59 Å². The summed E-state index contributed by atoms with van der Waals surface area (Å²) in [5.41, 5.74) is 1.25. The summed E-state index contributed by atoms with van der Waals surface area (Å²) in [7, 11) is 0. The van der Waals surface area contributed by atoms with Gasteiger partial charge in [-0.05, 0) is 53.9 Å². The number of benzene rings is 2. The quantitative estimate of drug-likeness (QED) is 0.513. The fourth-order valence-corrected chi connectivity index (χ4v) is 4.49. The van der Waals surface area contributed by atoms with E-state index in [4.69, 9.17) is 9.47 Å². The number of carbonyl (C=O) groups excluding carboxylic acids is 2. The van der Waals surface area contributed by atoms with Crippen molar-refractivity contribution in [3.63, 3.8) is 0 Å². The van der Waals surface area contributed by atoms with Gasteiger partial charge in [-0.15, -0.1) is 5.10 Å². The molecule has 1 aromatic heterocycles. The molecule has 0 saturated carbocycles. The van der Waals surface area contributed by atoms with Crippen molar-refractivity contribution < 1.29 is 32.2 Å².